The van der Waals surface area contributed by atoms with E-state index in [1.165, 1.54) is 26.4 Å². The van der Waals surface area contributed by atoms with Crippen molar-refractivity contribution < 1.29 is 22.1 Å². The summed E-state index contributed by atoms with van der Waals surface area (Å²) in [5.74, 6) is 1.16. The molecule has 2 aromatic carbocycles. The summed E-state index contributed by atoms with van der Waals surface area (Å²) in [4.78, 5) is -0.0723. The number of aryl methyl sites for hydroxylation is 1. The van der Waals surface area contributed by atoms with Gasteiger partial charge in [0, 0.05) is 6.07 Å². The van der Waals surface area contributed by atoms with E-state index in [2.05, 4.69) is 0 Å². The summed E-state index contributed by atoms with van der Waals surface area (Å²) >= 11 is 0. The molecule has 5 nitrogen and oxygen atoms in total. The Kier molecular flexibility index (Phi) is 5.39. The number of benzene rings is 2. The largest absolute Gasteiger partial charge is 0.497 e. The van der Waals surface area contributed by atoms with Crippen LogP contribution in [0.3, 0.4) is 0 Å². The van der Waals surface area contributed by atoms with Crippen LogP contribution in [-0.2, 0) is 10.1 Å². The van der Waals surface area contributed by atoms with Gasteiger partial charge in [-0.3, -0.25) is 0 Å². The summed E-state index contributed by atoms with van der Waals surface area (Å²) in [7, 11) is -1.18. The zero-order chi connectivity index (χ0) is 17.9. The first-order valence-corrected chi connectivity index (χ1v) is 8.95. The molecule has 0 unspecified atom stereocenters. The highest BCUT2D eigenvalue weighted by Crippen LogP contribution is 2.31. The highest BCUT2D eigenvalue weighted by molar-refractivity contribution is 7.87. The Labute approximate surface area is 143 Å². The third kappa shape index (κ3) is 4.00. The Bertz CT molecular complexity index is 825. The van der Waals surface area contributed by atoms with Crippen LogP contribution >= 0.6 is 0 Å². The smallest absolute Gasteiger partial charge is 0.343 e. The SMILES string of the molecule is COc1ccc(OC)c(S(=O)(=O)Oc2cc(C)cc(C(C)C)c2)c1. The molecule has 6 heteroatoms. The van der Waals surface area contributed by atoms with Crippen molar-refractivity contribution in [2.45, 2.75) is 31.6 Å². The molecule has 0 heterocycles. The fourth-order valence-electron chi connectivity index (χ4n) is 2.31. The Morgan fingerprint density at radius 2 is 1.62 bits per heavy atom. The van der Waals surface area contributed by atoms with Crippen LogP contribution in [-0.4, -0.2) is 22.6 Å². The van der Waals surface area contributed by atoms with Crippen molar-refractivity contribution in [2.75, 3.05) is 14.2 Å². The van der Waals surface area contributed by atoms with E-state index < -0.39 is 10.1 Å². The molecule has 0 saturated heterocycles. The van der Waals surface area contributed by atoms with Gasteiger partial charge in [-0.1, -0.05) is 19.9 Å². The summed E-state index contributed by atoms with van der Waals surface area (Å²) in [6.45, 7) is 5.98. The standard InChI is InChI=1S/C18H22O5S/c1-12(2)14-8-13(3)9-16(10-14)23-24(19,20)18-11-15(21-4)6-7-17(18)22-5/h6-12H,1-5H3. The maximum atomic E-state index is 12.7. The summed E-state index contributed by atoms with van der Waals surface area (Å²) in [5, 5.41) is 0. The minimum absolute atomic E-state index is 0.0723. The molecule has 0 radical (unpaired) electrons. The van der Waals surface area contributed by atoms with E-state index in [-0.39, 0.29) is 22.3 Å². The molecule has 0 N–H and O–H groups in total. The van der Waals surface area contributed by atoms with E-state index in [0.717, 1.165) is 11.1 Å². The van der Waals surface area contributed by atoms with E-state index in [4.69, 9.17) is 13.7 Å². The number of methoxy groups -OCH3 is 2. The third-order valence-corrected chi connectivity index (χ3v) is 4.86. The lowest BCUT2D eigenvalue weighted by molar-refractivity contribution is 0.388. The molecule has 0 aromatic heterocycles. The van der Waals surface area contributed by atoms with Gasteiger partial charge in [-0.2, -0.15) is 8.42 Å². The molecule has 0 aliphatic heterocycles. The molecule has 0 aliphatic carbocycles. The van der Waals surface area contributed by atoms with Crippen LogP contribution in [0.4, 0.5) is 0 Å². The number of ether oxygens (including phenoxy) is 2. The van der Waals surface area contributed by atoms with Gasteiger partial charge >= 0.3 is 10.1 Å². The van der Waals surface area contributed by atoms with Gasteiger partial charge in [0.15, 0.2) is 4.90 Å². The molecule has 2 aromatic rings. The third-order valence-electron chi connectivity index (χ3n) is 3.59. The molecule has 0 amide bonds. The first kappa shape index (κ1) is 18.1. The molecule has 130 valence electrons. The second-order valence-corrected chi connectivity index (χ2v) is 7.30. The van der Waals surface area contributed by atoms with Crippen molar-refractivity contribution in [2.24, 2.45) is 0 Å². The van der Waals surface area contributed by atoms with Gasteiger partial charge in [0.05, 0.1) is 14.2 Å². The molecular formula is C18H22O5S. The fourth-order valence-corrected chi connectivity index (χ4v) is 3.41. The quantitative estimate of drug-likeness (QED) is 0.739. The fraction of sp³-hybridized carbons (Fsp3) is 0.333. The molecule has 0 aliphatic rings. The van der Waals surface area contributed by atoms with Gasteiger partial charge in [-0.15, -0.1) is 0 Å². The summed E-state index contributed by atoms with van der Waals surface area (Å²) < 4.78 is 40.9. The van der Waals surface area contributed by atoms with Crippen molar-refractivity contribution in [3.05, 3.63) is 47.5 Å². The highest BCUT2D eigenvalue weighted by atomic mass is 32.2. The van der Waals surface area contributed by atoms with Gasteiger partial charge in [0.25, 0.3) is 0 Å². The predicted octanol–water partition coefficient (Wildman–Crippen LogP) is 3.90. The van der Waals surface area contributed by atoms with Crippen molar-refractivity contribution in [3.8, 4) is 17.2 Å². The molecule has 0 fully saturated rings. The summed E-state index contributed by atoms with van der Waals surface area (Å²) in [5.41, 5.74) is 1.95. The Hall–Kier alpha value is -2.21. The van der Waals surface area contributed by atoms with Crippen molar-refractivity contribution in [1.29, 1.82) is 0 Å². The van der Waals surface area contributed by atoms with E-state index in [0.29, 0.717) is 5.75 Å². The predicted molar refractivity (Wildman–Crippen MR) is 92.6 cm³/mol. The van der Waals surface area contributed by atoms with Gasteiger partial charge in [0.2, 0.25) is 0 Å². The van der Waals surface area contributed by atoms with E-state index in [1.807, 2.05) is 26.8 Å². The number of hydrogen-bond acceptors (Lipinski definition) is 5. The molecular weight excluding hydrogens is 328 g/mol. The Morgan fingerprint density at radius 1 is 0.917 bits per heavy atom. The lowest BCUT2D eigenvalue weighted by Gasteiger charge is -2.14. The van der Waals surface area contributed by atoms with Gasteiger partial charge in [-0.05, 0) is 48.2 Å². The van der Waals surface area contributed by atoms with Gasteiger partial charge in [0.1, 0.15) is 17.2 Å². The second-order valence-electron chi connectivity index (χ2n) is 5.79. The molecule has 0 spiro atoms. The maximum Gasteiger partial charge on any atom is 0.343 e. The van der Waals surface area contributed by atoms with Crippen molar-refractivity contribution in [1.82, 2.24) is 0 Å². The van der Waals surface area contributed by atoms with Crippen LogP contribution in [0.2, 0.25) is 0 Å². The van der Waals surface area contributed by atoms with Crippen molar-refractivity contribution in [3.63, 3.8) is 0 Å². The molecule has 2 rings (SSSR count). The average molecular weight is 350 g/mol. The molecule has 0 bridgehead atoms. The van der Waals surface area contributed by atoms with Crippen LogP contribution in [0.5, 0.6) is 17.2 Å². The Balaban J connectivity index is 2.46. The van der Waals surface area contributed by atoms with Crippen LogP contribution in [0.25, 0.3) is 0 Å². The maximum absolute atomic E-state index is 12.7. The summed E-state index contributed by atoms with van der Waals surface area (Å²) in [6.07, 6.45) is 0. The lowest BCUT2D eigenvalue weighted by atomic mass is 10.0. The monoisotopic (exact) mass is 350 g/mol. The molecule has 24 heavy (non-hydrogen) atoms. The zero-order valence-electron chi connectivity index (χ0n) is 14.5. The Morgan fingerprint density at radius 3 is 2.21 bits per heavy atom. The van der Waals surface area contributed by atoms with Crippen LogP contribution in [0.15, 0.2) is 41.3 Å². The van der Waals surface area contributed by atoms with E-state index in [1.54, 1.807) is 18.2 Å². The summed E-state index contributed by atoms with van der Waals surface area (Å²) in [6, 6.07) is 9.98. The molecule has 0 atom stereocenters. The second kappa shape index (κ2) is 7.13. The minimum Gasteiger partial charge on any atom is -0.497 e. The molecule has 0 saturated carbocycles. The highest BCUT2D eigenvalue weighted by Gasteiger charge is 2.23. The van der Waals surface area contributed by atoms with Gasteiger partial charge < -0.3 is 13.7 Å². The first-order valence-electron chi connectivity index (χ1n) is 7.55. The number of hydrogen-bond donors (Lipinski definition) is 0. The minimum atomic E-state index is -4.05. The number of rotatable bonds is 6. The topological polar surface area (TPSA) is 61.8 Å². The van der Waals surface area contributed by atoms with Gasteiger partial charge in [-0.25, -0.2) is 0 Å². The average Bonchev–Trinajstić information content (AvgIpc) is 2.53. The normalized spacial score (nSPS) is 11.4. The lowest BCUT2D eigenvalue weighted by Crippen LogP contribution is -2.12. The van der Waals surface area contributed by atoms with Crippen molar-refractivity contribution >= 4 is 10.1 Å². The van der Waals surface area contributed by atoms with E-state index in [9.17, 15) is 8.42 Å². The van der Waals surface area contributed by atoms with E-state index >= 15 is 0 Å². The first-order chi connectivity index (χ1) is 11.3. The zero-order valence-corrected chi connectivity index (χ0v) is 15.3. The van der Waals surface area contributed by atoms with Crippen LogP contribution in [0.1, 0.15) is 30.9 Å². The van der Waals surface area contributed by atoms with Crippen LogP contribution in [0, 0.1) is 6.92 Å². The van der Waals surface area contributed by atoms with Crippen LogP contribution < -0.4 is 13.7 Å².